The summed E-state index contributed by atoms with van der Waals surface area (Å²) in [6, 6.07) is 21.7. The van der Waals surface area contributed by atoms with Crippen LogP contribution in [-0.2, 0) is 0 Å². The largest absolute Gasteiger partial charge is 0.483 e. The van der Waals surface area contributed by atoms with E-state index in [2.05, 4.69) is 15.3 Å². The molecule has 3 heterocycles. The van der Waals surface area contributed by atoms with Crippen LogP contribution < -0.4 is 4.74 Å². The zero-order valence-electron chi connectivity index (χ0n) is 14.5. The Morgan fingerprint density at radius 3 is 2.63 bits per heavy atom. The highest BCUT2D eigenvalue weighted by molar-refractivity contribution is 7.16. The summed E-state index contributed by atoms with van der Waals surface area (Å²) >= 11 is 1.47. The second kappa shape index (κ2) is 6.44. The molecule has 0 saturated heterocycles. The Morgan fingerprint density at radius 2 is 1.74 bits per heavy atom. The topological polar surface area (TPSA) is 65.2 Å². The molecule has 0 aliphatic heterocycles. The molecule has 0 radical (unpaired) electrons. The van der Waals surface area contributed by atoms with Gasteiger partial charge in [0.15, 0.2) is 5.01 Å². The summed E-state index contributed by atoms with van der Waals surface area (Å²) in [7, 11) is 0. The lowest BCUT2D eigenvalue weighted by molar-refractivity contribution is 0.225. The summed E-state index contributed by atoms with van der Waals surface area (Å²) in [6.07, 6.45) is -0.184. The molecular weight excluding hydrogens is 358 g/mol. The van der Waals surface area contributed by atoms with Gasteiger partial charge in [-0.25, -0.2) is 4.98 Å². The van der Waals surface area contributed by atoms with Gasteiger partial charge in [0, 0.05) is 5.39 Å². The van der Waals surface area contributed by atoms with E-state index in [4.69, 9.17) is 9.72 Å². The van der Waals surface area contributed by atoms with Gasteiger partial charge in [0.05, 0.1) is 5.52 Å². The molecule has 2 aromatic carbocycles. The van der Waals surface area contributed by atoms with Crippen molar-refractivity contribution in [1.82, 2.24) is 24.8 Å². The lowest BCUT2D eigenvalue weighted by atomic mass is 10.2. The van der Waals surface area contributed by atoms with Crippen molar-refractivity contribution in [2.45, 2.75) is 13.0 Å². The number of aromatic nitrogens is 5. The highest BCUT2D eigenvalue weighted by atomic mass is 32.1. The summed E-state index contributed by atoms with van der Waals surface area (Å²) in [6.45, 7) is 1.98. The standard InChI is InChI=1S/C20H15N5OS/c1-13(26-15-8-3-2-4-9-15)19-24-25-18(22-23-20(25)27-19)17-12-11-14-7-5-6-10-16(14)21-17/h2-13H,1H3/t13-/m0/s1. The fourth-order valence-corrected chi connectivity index (χ4v) is 3.72. The molecule has 27 heavy (non-hydrogen) atoms. The van der Waals surface area contributed by atoms with Gasteiger partial charge in [-0.15, -0.1) is 10.2 Å². The van der Waals surface area contributed by atoms with E-state index < -0.39 is 0 Å². The number of hydrogen-bond acceptors (Lipinski definition) is 6. The third-order valence-electron chi connectivity index (χ3n) is 4.24. The van der Waals surface area contributed by atoms with Crippen molar-refractivity contribution in [2.75, 3.05) is 0 Å². The summed E-state index contributed by atoms with van der Waals surface area (Å²) < 4.78 is 7.71. The van der Waals surface area contributed by atoms with Crippen LogP contribution in [0.4, 0.5) is 0 Å². The van der Waals surface area contributed by atoms with E-state index in [1.165, 1.54) is 11.3 Å². The molecule has 132 valence electrons. The normalized spacial score (nSPS) is 12.5. The monoisotopic (exact) mass is 373 g/mol. The molecule has 0 unspecified atom stereocenters. The van der Waals surface area contributed by atoms with E-state index >= 15 is 0 Å². The number of ether oxygens (including phenoxy) is 1. The van der Waals surface area contributed by atoms with E-state index in [-0.39, 0.29) is 6.10 Å². The van der Waals surface area contributed by atoms with Crippen LogP contribution >= 0.6 is 11.3 Å². The van der Waals surface area contributed by atoms with Crippen LogP contribution in [0.25, 0.3) is 27.4 Å². The Kier molecular flexibility index (Phi) is 3.79. The van der Waals surface area contributed by atoms with Crippen molar-refractivity contribution in [2.24, 2.45) is 0 Å². The Balaban J connectivity index is 1.51. The van der Waals surface area contributed by atoms with Gasteiger partial charge in [-0.05, 0) is 31.2 Å². The van der Waals surface area contributed by atoms with E-state index in [1.807, 2.05) is 73.7 Å². The molecule has 0 aliphatic carbocycles. The van der Waals surface area contributed by atoms with Crippen molar-refractivity contribution >= 4 is 27.2 Å². The first-order valence-corrected chi connectivity index (χ1v) is 9.39. The Bertz CT molecular complexity index is 1230. The molecule has 0 N–H and O–H groups in total. The molecule has 0 bridgehead atoms. The van der Waals surface area contributed by atoms with E-state index in [1.54, 1.807) is 4.52 Å². The average Bonchev–Trinajstić information content (AvgIpc) is 3.29. The minimum Gasteiger partial charge on any atom is -0.483 e. The maximum atomic E-state index is 5.97. The molecular formula is C20H15N5OS. The van der Waals surface area contributed by atoms with Crippen molar-refractivity contribution in [3.05, 3.63) is 71.7 Å². The molecule has 3 aromatic heterocycles. The van der Waals surface area contributed by atoms with Gasteiger partial charge in [0.1, 0.15) is 17.5 Å². The maximum Gasteiger partial charge on any atom is 0.235 e. The van der Waals surface area contributed by atoms with Crippen molar-refractivity contribution in [3.63, 3.8) is 0 Å². The molecule has 0 aliphatic rings. The molecule has 6 nitrogen and oxygen atoms in total. The van der Waals surface area contributed by atoms with Gasteiger partial charge in [-0.2, -0.15) is 9.61 Å². The molecule has 5 aromatic rings. The van der Waals surface area contributed by atoms with Crippen LogP contribution in [0.3, 0.4) is 0 Å². The van der Waals surface area contributed by atoms with Crippen LogP contribution in [-0.4, -0.2) is 24.8 Å². The molecule has 0 amide bonds. The zero-order valence-corrected chi connectivity index (χ0v) is 15.3. The van der Waals surface area contributed by atoms with Crippen molar-refractivity contribution in [3.8, 4) is 17.3 Å². The zero-order chi connectivity index (χ0) is 18.2. The van der Waals surface area contributed by atoms with Gasteiger partial charge in [0.25, 0.3) is 0 Å². The molecule has 5 rings (SSSR count). The molecule has 0 fully saturated rings. The second-order valence-electron chi connectivity index (χ2n) is 6.12. The van der Waals surface area contributed by atoms with E-state index in [0.717, 1.165) is 32.3 Å². The Morgan fingerprint density at radius 1 is 0.926 bits per heavy atom. The lowest BCUT2D eigenvalue weighted by Crippen LogP contribution is -2.04. The number of rotatable bonds is 4. The fraction of sp³-hybridized carbons (Fsp3) is 0.100. The lowest BCUT2D eigenvalue weighted by Gasteiger charge is -2.11. The van der Waals surface area contributed by atoms with Crippen LogP contribution in [0.1, 0.15) is 18.0 Å². The predicted molar refractivity (Wildman–Crippen MR) is 105 cm³/mol. The number of hydrogen-bond donors (Lipinski definition) is 0. The summed E-state index contributed by atoms with van der Waals surface area (Å²) in [5, 5.41) is 15.1. The first kappa shape index (κ1) is 15.9. The van der Waals surface area contributed by atoms with Gasteiger partial charge in [0.2, 0.25) is 10.8 Å². The molecule has 1 atom stereocenters. The van der Waals surface area contributed by atoms with Crippen LogP contribution in [0.2, 0.25) is 0 Å². The average molecular weight is 373 g/mol. The molecule has 7 heteroatoms. The van der Waals surface area contributed by atoms with Gasteiger partial charge in [-0.1, -0.05) is 53.8 Å². The van der Waals surface area contributed by atoms with Crippen molar-refractivity contribution in [1.29, 1.82) is 0 Å². The quantitative estimate of drug-likeness (QED) is 0.463. The van der Waals surface area contributed by atoms with Crippen LogP contribution in [0.5, 0.6) is 5.75 Å². The van der Waals surface area contributed by atoms with Gasteiger partial charge >= 0.3 is 0 Å². The number of pyridine rings is 1. The van der Waals surface area contributed by atoms with Gasteiger partial charge < -0.3 is 4.74 Å². The first-order chi connectivity index (χ1) is 13.3. The smallest absolute Gasteiger partial charge is 0.235 e. The fourth-order valence-electron chi connectivity index (χ4n) is 2.90. The molecule has 0 spiro atoms. The summed E-state index contributed by atoms with van der Waals surface area (Å²) in [5.74, 6) is 1.44. The third-order valence-corrected chi connectivity index (χ3v) is 5.30. The summed E-state index contributed by atoms with van der Waals surface area (Å²) in [5.41, 5.74) is 1.66. The van der Waals surface area contributed by atoms with Crippen LogP contribution in [0, 0.1) is 0 Å². The SMILES string of the molecule is C[C@H](Oc1ccccc1)c1nn2c(-c3ccc4ccccc4n3)nnc2s1. The number of nitrogens with zero attached hydrogens (tertiary/aromatic N) is 5. The van der Waals surface area contributed by atoms with Crippen molar-refractivity contribution < 1.29 is 4.74 Å². The Labute approximate surface area is 159 Å². The maximum absolute atomic E-state index is 5.97. The molecule has 0 saturated carbocycles. The summed E-state index contributed by atoms with van der Waals surface area (Å²) in [4.78, 5) is 5.42. The Hall–Kier alpha value is -3.32. The van der Waals surface area contributed by atoms with E-state index in [9.17, 15) is 0 Å². The predicted octanol–water partition coefficient (Wildman–Crippen LogP) is 4.54. The highest BCUT2D eigenvalue weighted by Gasteiger charge is 2.19. The second-order valence-corrected chi connectivity index (χ2v) is 7.11. The number of fused-ring (bicyclic) bond motifs is 2. The van der Waals surface area contributed by atoms with E-state index in [0.29, 0.717) is 5.82 Å². The third kappa shape index (κ3) is 2.92. The minimum atomic E-state index is -0.184. The number of benzene rings is 2. The minimum absolute atomic E-state index is 0.184. The number of para-hydroxylation sites is 2. The highest BCUT2D eigenvalue weighted by Crippen LogP contribution is 2.27. The van der Waals surface area contributed by atoms with Crippen LogP contribution in [0.15, 0.2) is 66.7 Å². The first-order valence-electron chi connectivity index (χ1n) is 8.58. The van der Waals surface area contributed by atoms with Gasteiger partial charge in [-0.3, -0.25) is 0 Å².